The molecule has 2 aliphatic rings. The van der Waals surface area contributed by atoms with E-state index >= 15 is 0 Å². The summed E-state index contributed by atoms with van der Waals surface area (Å²) in [6.07, 6.45) is 4.54. The zero-order chi connectivity index (χ0) is 14.2. The Kier molecular flexibility index (Phi) is 3.52. The van der Waals surface area contributed by atoms with Gasteiger partial charge in [0.05, 0.1) is 6.54 Å². The van der Waals surface area contributed by atoms with Crippen molar-refractivity contribution in [3.8, 4) is 0 Å². The minimum atomic E-state index is 0.782. The lowest BCUT2D eigenvalue weighted by Crippen LogP contribution is -2.33. The highest BCUT2D eigenvalue weighted by molar-refractivity contribution is 7.12. The highest BCUT2D eigenvalue weighted by Gasteiger charge is 2.21. The third kappa shape index (κ3) is 3.02. The van der Waals surface area contributed by atoms with Gasteiger partial charge in [-0.3, -0.25) is 4.90 Å². The molecule has 3 heterocycles. The zero-order valence-electron chi connectivity index (χ0n) is 12.4. The Morgan fingerprint density at radius 3 is 3.14 bits per heavy atom. The molecule has 21 heavy (non-hydrogen) atoms. The molecule has 112 valence electrons. The van der Waals surface area contributed by atoms with Crippen molar-refractivity contribution in [2.24, 2.45) is 0 Å². The number of rotatable bonds is 5. The van der Waals surface area contributed by atoms with Crippen molar-refractivity contribution in [2.75, 3.05) is 6.54 Å². The van der Waals surface area contributed by atoms with Crippen LogP contribution in [0.1, 0.15) is 34.0 Å². The van der Waals surface area contributed by atoms with Gasteiger partial charge >= 0.3 is 0 Å². The number of hydrogen-bond acceptors (Lipinski definition) is 5. The molecule has 0 atom stereocenters. The van der Waals surface area contributed by atoms with E-state index in [1.165, 1.54) is 28.2 Å². The van der Waals surface area contributed by atoms with Crippen LogP contribution in [0.3, 0.4) is 0 Å². The second-order valence-corrected chi connectivity index (χ2v) is 7.44. The van der Waals surface area contributed by atoms with Crippen molar-refractivity contribution < 1.29 is 0 Å². The van der Waals surface area contributed by atoms with Gasteiger partial charge in [-0.2, -0.15) is 0 Å². The second-order valence-electron chi connectivity index (χ2n) is 6.10. The van der Waals surface area contributed by atoms with E-state index in [9.17, 15) is 0 Å². The molecule has 5 nitrogen and oxygen atoms in total. The summed E-state index contributed by atoms with van der Waals surface area (Å²) in [6.45, 7) is 7.29. The van der Waals surface area contributed by atoms with Crippen LogP contribution < -0.4 is 5.32 Å². The molecule has 2 aromatic rings. The predicted molar refractivity (Wildman–Crippen MR) is 83.1 cm³/mol. The first-order valence-corrected chi connectivity index (χ1v) is 8.50. The van der Waals surface area contributed by atoms with E-state index in [4.69, 9.17) is 0 Å². The average molecular weight is 303 g/mol. The third-order valence-corrected chi connectivity index (χ3v) is 5.42. The molecule has 2 aromatic heterocycles. The van der Waals surface area contributed by atoms with Crippen LogP contribution in [0, 0.1) is 6.92 Å². The van der Waals surface area contributed by atoms with Crippen LogP contribution in [0.15, 0.2) is 12.4 Å². The van der Waals surface area contributed by atoms with Crippen molar-refractivity contribution in [1.82, 2.24) is 25.0 Å². The molecular weight excluding hydrogens is 282 g/mol. The number of aryl methyl sites for hydroxylation is 1. The smallest absolute Gasteiger partial charge is 0.147 e. The summed E-state index contributed by atoms with van der Waals surface area (Å²) in [5.74, 6) is 1.09. The van der Waals surface area contributed by atoms with Gasteiger partial charge in [0.2, 0.25) is 0 Å². The maximum Gasteiger partial charge on any atom is 0.147 e. The van der Waals surface area contributed by atoms with E-state index in [-0.39, 0.29) is 0 Å². The third-order valence-electron chi connectivity index (χ3n) is 4.33. The molecule has 6 heteroatoms. The largest absolute Gasteiger partial charge is 0.315 e. The summed E-state index contributed by atoms with van der Waals surface area (Å²) < 4.78 is 2.15. The van der Waals surface area contributed by atoms with Crippen LogP contribution >= 0.6 is 11.3 Å². The van der Waals surface area contributed by atoms with Crippen LogP contribution in [0.2, 0.25) is 0 Å². The fourth-order valence-electron chi connectivity index (χ4n) is 2.86. The van der Waals surface area contributed by atoms with E-state index in [1.807, 2.05) is 17.7 Å². The van der Waals surface area contributed by atoms with Crippen molar-refractivity contribution in [2.45, 2.75) is 52.0 Å². The van der Waals surface area contributed by atoms with Crippen LogP contribution in [-0.4, -0.2) is 32.3 Å². The van der Waals surface area contributed by atoms with Gasteiger partial charge in [-0.25, -0.2) is 0 Å². The minimum Gasteiger partial charge on any atom is -0.315 e. The van der Waals surface area contributed by atoms with Gasteiger partial charge in [-0.1, -0.05) is 0 Å². The lowest BCUT2D eigenvalue weighted by atomic mass is 10.2. The SMILES string of the molecule is Cc1sc(CNC2CC2)cc1CN1CCn2cnnc2C1. The summed E-state index contributed by atoms with van der Waals surface area (Å²) in [5.41, 5.74) is 1.47. The Morgan fingerprint density at radius 2 is 2.29 bits per heavy atom. The average Bonchev–Trinajstić information content (AvgIpc) is 3.08. The first-order valence-electron chi connectivity index (χ1n) is 7.68. The van der Waals surface area contributed by atoms with Gasteiger partial charge < -0.3 is 9.88 Å². The molecule has 0 bridgehead atoms. The number of thiophene rings is 1. The minimum absolute atomic E-state index is 0.782. The van der Waals surface area contributed by atoms with Gasteiger partial charge in [0.1, 0.15) is 12.2 Å². The van der Waals surface area contributed by atoms with Gasteiger partial charge in [-0.05, 0) is 31.4 Å². The van der Waals surface area contributed by atoms with Crippen molar-refractivity contribution in [3.63, 3.8) is 0 Å². The molecule has 0 saturated heterocycles. The zero-order valence-corrected chi connectivity index (χ0v) is 13.2. The number of fused-ring (bicyclic) bond motifs is 1. The fraction of sp³-hybridized carbons (Fsp3) is 0.600. The summed E-state index contributed by atoms with van der Waals surface area (Å²) in [6, 6.07) is 3.17. The Morgan fingerprint density at radius 1 is 1.38 bits per heavy atom. The van der Waals surface area contributed by atoms with Gasteiger partial charge in [0, 0.05) is 42.0 Å². The Bertz CT molecular complexity index is 628. The molecule has 1 saturated carbocycles. The molecule has 0 unspecified atom stereocenters. The molecule has 0 aromatic carbocycles. The van der Waals surface area contributed by atoms with E-state index in [1.54, 1.807) is 0 Å². The lowest BCUT2D eigenvalue weighted by Gasteiger charge is -2.26. The predicted octanol–water partition coefficient (Wildman–Crippen LogP) is 1.92. The van der Waals surface area contributed by atoms with Gasteiger partial charge in [0.25, 0.3) is 0 Å². The van der Waals surface area contributed by atoms with Crippen molar-refractivity contribution in [3.05, 3.63) is 33.5 Å². The highest BCUT2D eigenvalue weighted by Crippen LogP contribution is 2.26. The number of aromatic nitrogens is 3. The summed E-state index contributed by atoms with van der Waals surface area (Å²) >= 11 is 1.94. The maximum absolute atomic E-state index is 4.20. The molecule has 1 aliphatic carbocycles. The Labute approximate surface area is 129 Å². The Hall–Kier alpha value is -1.24. The van der Waals surface area contributed by atoms with E-state index < -0.39 is 0 Å². The standard InChI is InChI=1S/C15H21N5S/c1-11-12(6-14(21-11)7-16-13-2-3-13)8-19-4-5-20-10-17-18-15(20)9-19/h6,10,13,16H,2-5,7-9H2,1H3. The highest BCUT2D eigenvalue weighted by atomic mass is 32.1. The molecule has 0 radical (unpaired) electrons. The maximum atomic E-state index is 4.20. The quantitative estimate of drug-likeness (QED) is 0.916. The first-order chi connectivity index (χ1) is 10.3. The number of nitrogens with one attached hydrogen (secondary N) is 1. The molecule has 1 N–H and O–H groups in total. The first kappa shape index (κ1) is 13.4. The van der Waals surface area contributed by atoms with E-state index in [0.717, 1.165) is 44.6 Å². The lowest BCUT2D eigenvalue weighted by molar-refractivity contribution is 0.208. The number of nitrogens with zero attached hydrogens (tertiary/aromatic N) is 4. The number of hydrogen-bond donors (Lipinski definition) is 1. The van der Waals surface area contributed by atoms with E-state index in [0.29, 0.717) is 0 Å². The summed E-state index contributed by atoms with van der Waals surface area (Å²) in [7, 11) is 0. The van der Waals surface area contributed by atoms with Crippen molar-refractivity contribution in [1.29, 1.82) is 0 Å². The molecule has 1 fully saturated rings. The molecule has 4 rings (SSSR count). The monoisotopic (exact) mass is 303 g/mol. The van der Waals surface area contributed by atoms with Crippen molar-refractivity contribution >= 4 is 11.3 Å². The van der Waals surface area contributed by atoms with Crippen LogP contribution in [0.25, 0.3) is 0 Å². The topological polar surface area (TPSA) is 46.0 Å². The summed E-state index contributed by atoms with van der Waals surface area (Å²) in [5, 5.41) is 11.8. The second kappa shape index (κ2) is 5.51. The fourth-order valence-corrected chi connectivity index (χ4v) is 3.86. The van der Waals surface area contributed by atoms with Crippen LogP contribution in [-0.2, 0) is 26.2 Å². The molecule has 0 amide bonds. The van der Waals surface area contributed by atoms with Crippen LogP contribution in [0.5, 0.6) is 0 Å². The van der Waals surface area contributed by atoms with Gasteiger partial charge in [-0.15, -0.1) is 21.5 Å². The summed E-state index contributed by atoms with van der Waals surface area (Å²) in [4.78, 5) is 5.39. The molecular formula is C15H21N5S. The van der Waals surface area contributed by atoms with Gasteiger partial charge in [0.15, 0.2) is 0 Å². The Balaban J connectivity index is 1.40. The molecule has 1 aliphatic heterocycles. The normalized spacial score (nSPS) is 18.9. The van der Waals surface area contributed by atoms with Crippen LogP contribution in [0.4, 0.5) is 0 Å². The molecule has 0 spiro atoms. The van der Waals surface area contributed by atoms with E-state index in [2.05, 4.69) is 38.0 Å².